The molecule has 0 aromatic heterocycles. The zero-order valence-corrected chi connectivity index (χ0v) is 12.3. The van der Waals surface area contributed by atoms with E-state index in [0.29, 0.717) is 13.5 Å². The van der Waals surface area contributed by atoms with Crippen LogP contribution in [0.25, 0.3) is 0 Å². The molecular formula is C17H21B2FO2. The van der Waals surface area contributed by atoms with Crippen molar-refractivity contribution in [2.75, 3.05) is 0 Å². The summed E-state index contributed by atoms with van der Waals surface area (Å²) >= 11 is 0. The first kappa shape index (κ1) is 16.8. The molecule has 0 unspecified atom stereocenters. The second-order valence-corrected chi connectivity index (χ2v) is 5.45. The zero-order valence-electron chi connectivity index (χ0n) is 12.3. The maximum Gasteiger partial charge on any atom is 0.324 e. The number of halogens is 1. The van der Waals surface area contributed by atoms with Gasteiger partial charge in [-0.2, -0.15) is 0 Å². The van der Waals surface area contributed by atoms with Gasteiger partial charge in [-0.05, 0) is 34.2 Å². The van der Waals surface area contributed by atoms with Crippen molar-refractivity contribution in [3.05, 3.63) is 59.4 Å². The van der Waals surface area contributed by atoms with E-state index in [0.717, 1.165) is 17.6 Å². The molecule has 22 heavy (non-hydrogen) atoms. The minimum absolute atomic E-state index is 0. The predicted molar refractivity (Wildman–Crippen MR) is 91.7 cm³/mol. The van der Waals surface area contributed by atoms with Gasteiger partial charge in [0.1, 0.15) is 5.82 Å². The fourth-order valence-electron chi connectivity index (χ4n) is 2.77. The number of rotatable bonds is 0. The second-order valence-electron chi connectivity index (χ2n) is 5.45. The van der Waals surface area contributed by atoms with Gasteiger partial charge >= 0.3 is 13.8 Å². The third kappa shape index (κ3) is 3.42. The van der Waals surface area contributed by atoms with Crippen LogP contribution in [0.1, 0.15) is 18.6 Å². The van der Waals surface area contributed by atoms with E-state index in [2.05, 4.69) is 31.1 Å². The van der Waals surface area contributed by atoms with Crippen molar-refractivity contribution in [2.24, 2.45) is 0 Å². The quantitative estimate of drug-likeness (QED) is 0.696. The highest BCUT2D eigenvalue weighted by atomic mass is 19.1. The molecule has 2 aliphatic rings. The summed E-state index contributed by atoms with van der Waals surface area (Å²) in [5.74, 6) is -0.179. The Bertz CT molecular complexity index is 648. The molecule has 114 valence electrons. The van der Waals surface area contributed by atoms with Crippen molar-refractivity contribution in [2.45, 2.75) is 34.3 Å². The molecule has 0 amide bonds. The lowest BCUT2D eigenvalue weighted by molar-refractivity contribution is 0.333. The fourth-order valence-corrected chi connectivity index (χ4v) is 2.77. The van der Waals surface area contributed by atoms with Gasteiger partial charge in [-0.25, -0.2) is 4.39 Å². The smallest absolute Gasteiger partial charge is 0.324 e. The number of benzene rings is 2. The van der Waals surface area contributed by atoms with E-state index in [1.165, 1.54) is 17.1 Å². The number of hydrogen-bond acceptors (Lipinski definition) is 2. The lowest BCUT2D eigenvalue weighted by atomic mass is 9.64. The standard InChI is InChI=1S/C8H8BFO.C8H9BO.CH4/c1-9-8-3-2-7(10)4-6(8)5-11-9;1-9-8-5-3-2-4-7(8)6-10-9;/h2-4H,5H2,1H3;2-5H,6H2,1H3;1H4. The molecule has 4 rings (SSSR count). The normalized spacial score (nSPS) is 14.7. The van der Waals surface area contributed by atoms with E-state index >= 15 is 0 Å². The van der Waals surface area contributed by atoms with E-state index in [4.69, 9.17) is 9.31 Å². The van der Waals surface area contributed by atoms with Gasteiger partial charge in [-0.15, -0.1) is 0 Å². The van der Waals surface area contributed by atoms with Gasteiger partial charge in [0.25, 0.3) is 0 Å². The van der Waals surface area contributed by atoms with Gasteiger partial charge in [-0.3, -0.25) is 0 Å². The van der Waals surface area contributed by atoms with Gasteiger partial charge in [-0.1, -0.05) is 51.4 Å². The summed E-state index contributed by atoms with van der Waals surface area (Å²) < 4.78 is 23.4. The van der Waals surface area contributed by atoms with Gasteiger partial charge in [0.05, 0.1) is 13.2 Å². The molecule has 0 aliphatic carbocycles. The molecule has 0 N–H and O–H groups in total. The Morgan fingerprint density at radius 1 is 0.864 bits per heavy atom. The molecule has 0 spiro atoms. The van der Waals surface area contributed by atoms with Gasteiger partial charge < -0.3 is 9.31 Å². The lowest BCUT2D eigenvalue weighted by Gasteiger charge is -1.97. The Hall–Kier alpha value is -1.58. The number of hydrogen-bond donors (Lipinski definition) is 0. The summed E-state index contributed by atoms with van der Waals surface area (Å²) in [6.07, 6.45) is 0. The van der Waals surface area contributed by atoms with Gasteiger partial charge in [0.2, 0.25) is 0 Å². The predicted octanol–water partition coefficient (Wildman–Crippen LogP) is 2.87. The fraction of sp³-hybridized carbons (Fsp3) is 0.294. The summed E-state index contributed by atoms with van der Waals surface area (Å²) in [6.45, 7) is 5.84. The largest absolute Gasteiger partial charge is 0.427 e. The van der Waals surface area contributed by atoms with Gasteiger partial charge in [0.15, 0.2) is 0 Å². The van der Waals surface area contributed by atoms with Crippen molar-refractivity contribution in [1.82, 2.24) is 0 Å². The highest BCUT2D eigenvalue weighted by molar-refractivity contribution is 6.67. The maximum atomic E-state index is 12.6. The van der Waals surface area contributed by atoms with E-state index in [1.54, 1.807) is 12.1 Å². The Balaban J connectivity index is 0.000000154. The van der Waals surface area contributed by atoms with E-state index in [-0.39, 0.29) is 20.2 Å². The number of fused-ring (bicyclic) bond motifs is 2. The van der Waals surface area contributed by atoms with E-state index in [9.17, 15) is 4.39 Å². The molecule has 0 fully saturated rings. The first-order valence-electron chi connectivity index (χ1n) is 7.24. The highest BCUT2D eigenvalue weighted by Gasteiger charge is 2.23. The topological polar surface area (TPSA) is 18.5 Å². The Morgan fingerprint density at radius 3 is 2.14 bits per heavy atom. The molecule has 2 heterocycles. The van der Waals surface area contributed by atoms with Crippen molar-refractivity contribution in [1.29, 1.82) is 0 Å². The zero-order chi connectivity index (χ0) is 14.8. The average molecular weight is 298 g/mol. The van der Waals surface area contributed by atoms with Crippen molar-refractivity contribution >= 4 is 24.8 Å². The molecule has 0 saturated carbocycles. The summed E-state index contributed by atoms with van der Waals surface area (Å²) in [7, 11) is 0. The third-order valence-corrected chi connectivity index (χ3v) is 4.01. The molecule has 0 bridgehead atoms. The Kier molecular flexibility index (Phi) is 5.43. The van der Waals surface area contributed by atoms with Crippen molar-refractivity contribution in [3.63, 3.8) is 0 Å². The Morgan fingerprint density at radius 2 is 1.45 bits per heavy atom. The maximum absolute atomic E-state index is 12.6. The van der Waals surface area contributed by atoms with Crippen LogP contribution in [-0.2, 0) is 22.5 Å². The molecular weight excluding hydrogens is 277 g/mol. The third-order valence-electron chi connectivity index (χ3n) is 4.01. The summed E-state index contributed by atoms with van der Waals surface area (Å²) in [5.41, 5.74) is 4.79. The lowest BCUT2D eigenvalue weighted by Crippen LogP contribution is -2.23. The van der Waals surface area contributed by atoms with Crippen molar-refractivity contribution < 1.29 is 13.7 Å². The Labute approximate surface area is 132 Å². The minimum atomic E-state index is -0.179. The van der Waals surface area contributed by atoms with Crippen LogP contribution in [0.5, 0.6) is 0 Å². The first-order valence-corrected chi connectivity index (χ1v) is 7.24. The molecule has 2 aromatic rings. The molecule has 2 nitrogen and oxygen atoms in total. The van der Waals surface area contributed by atoms with Crippen LogP contribution in [0, 0.1) is 5.82 Å². The molecule has 0 saturated heterocycles. The van der Waals surface area contributed by atoms with E-state index < -0.39 is 0 Å². The monoisotopic (exact) mass is 298 g/mol. The molecule has 0 radical (unpaired) electrons. The summed E-state index contributed by atoms with van der Waals surface area (Å²) in [5, 5.41) is 0. The molecule has 2 aromatic carbocycles. The van der Waals surface area contributed by atoms with Crippen LogP contribution in [0.2, 0.25) is 13.6 Å². The van der Waals surface area contributed by atoms with Crippen molar-refractivity contribution in [3.8, 4) is 0 Å². The minimum Gasteiger partial charge on any atom is -0.427 e. The SMILES string of the molecule is C.CB1OCc2cc(F)ccc21.CB1OCc2ccccc21. The van der Waals surface area contributed by atoms with Crippen LogP contribution in [0.3, 0.4) is 0 Å². The highest BCUT2D eigenvalue weighted by Crippen LogP contribution is 2.11. The average Bonchev–Trinajstić information content (AvgIpc) is 3.04. The van der Waals surface area contributed by atoms with Crippen LogP contribution in [0.4, 0.5) is 4.39 Å². The van der Waals surface area contributed by atoms with Crippen LogP contribution < -0.4 is 10.9 Å². The van der Waals surface area contributed by atoms with E-state index in [1.807, 2.05) is 6.82 Å². The van der Waals surface area contributed by atoms with Crippen LogP contribution >= 0.6 is 0 Å². The second kappa shape index (κ2) is 7.12. The molecule has 0 atom stereocenters. The molecule has 2 aliphatic heterocycles. The van der Waals surface area contributed by atoms with Crippen LogP contribution in [-0.4, -0.2) is 13.8 Å². The van der Waals surface area contributed by atoms with Crippen LogP contribution in [0.15, 0.2) is 42.5 Å². The summed E-state index contributed by atoms with van der Waals surface area (Å²) in [6, 6.07) is 13.2. The molecule has 5 heteroatoms. The van der Waals surface area contributed by atoms with Gasteiger partial charge in [0, 0.05) is 0 Å². The summed E-state index contributed by atoms with van der Waals surface area (Å²) in [4.78, 5) is 0. The first-order chi connectivity index (χ1) is 10.1.